The average molecular weight is 490 g/mol. The molecule has 1 fully saturated rings. The fourth-order valence-electron chi connectivity index (χ4n) is 3.94. The zero-order chi connectivity index (χ0) is 24.1. The second-order valence-corrected chi connectivity index (χ2v) is 9.75. The Hall–Kier alpha value is -2.48. The van der Waals surface area contributed by atoms with E-state index in [1.807, 2.05) is 32.0 Å². The smallest absolute Gasteiger partial charge is 0.286 e. The third-order valence-electron chi connectivity index (χ3n) is 5.86. The Morgan fingerprint density at radius 1 is 1.27 bits per heavy atom. The van der Waals surface area contributed by atoms with Crippen molar-refractivity contribution in [3.63, 3.8) is 0 Å². The number of ether oxygens (including phenoxy) is 1. The summed E-state index contributed by atoms with van der Waals surface area (Å²) in [6, 6.07) is 12.6. The van der Waals surface area contributed by atoms with Crippen LogP contribution in [-0.2, 0) is 11.2 Å². The number of halogens is 1. The van der Waals surface area contributed by atoms with Gasteiger partial charge in [-0.05, 0) is 53.6 Å². The highest BCUT2D eigenvalue weighted by Gasteiger charge is 2.32. The lowest BCUT2D eigenvalue weighted by molar-refractivity contribution is -0.118. The summed E-state index contributed by atoms with van der Waals surface area (Å²) in [7, 11) is 0. The predicted octanol–water partition coefficient (Wildman–Crippen LogP) is 5.55. The number of imide groups is 1. The van der Waals surface area contributed by atoms with Gasteiger partial charge in [-0.3, -0.25) is 14.9 Å². The minimum Gasteiger partial charge on any atom is -0.513 e. The van der Waals surface area contributed by atoms with Crippen LogP contribution >= 0.6 is 23.4 Å². The molecule has 8 heteroatoms. The third kappa shape index (κ3) is 6.31. The number of thioether (sulfide) groups is 1. The topological polar surface area (TPSA) is 95.9 Å². The van der Waals surface area contributed by atoms with Crippen LogP contribution in [0.2, 0.25) is 5.02 Å². The Morgan fingerprint density at radius 2 is 2.03 bits per heavy atom. The van der Waals surface area contributed by atoms with E-state index in [0.29, 0.717) is 29.2 Å². The molecule has 1 heterocycles. The SMILES string of the molecule is C=C(O)C(C)C(CC)c1cc(CC2SC(=O)NC2=O)ccc1OCC(O)c1cccc(Cl)c1. The molecule has 0 aliphatic carbocycles. The van der Waals surface area contributed by atoms with Crippen molar-refractivity contribution >= 4 is 34.5 Å². The first kappa shape index (κ1) is 25.1. The molecular weight excluding hydrogens is 462 g/mol. The van der Waals surface area contributed by atoms with Gasteiger partial charge in [0.15, 0.2) is 0 Å². The normalized spacial score (nSPS) is 18.5. The fourth-order valence-corrected chi connectivity index (χ4v) is 5.00. The number of rotatable bonds is 10. The summed E-state index contributed by atoms with van der Waals surface area (Å²) in [5.74, 6) is 0.0529. The molecule has 0 spiro atoms. The summed E-state index contributed by atoms with van der Waals surface area (Å²) in [6.07, 6.45) is 0.242. The summed E-state index contributed by atoms with van der Waals surface area (Å²) in [6.45, 7) is 7.62. The molecule has 2 aromatic rings. The number of hydrogen-bond donors (Lipinski definition) is 3. The molecule has 0 aromatic heterocycles. The lowest BCUT2D eigenvalue weighted by Crippen LogP contribution is -2.25. The Kier molecular flexibility index (Phi) is 8.46. The van der Waals surface area contributed by atoms with E-state index in [4.69, 9.17) is 16.3 Å². The molecule has 1 saturated heterocycles. The highest BCUT2D eigenvalue weighted by atomic mass is 35.5. The number of amides is 2. The van der Waals surface area contributed by atoms with Crippen molar-refractivity contribution < 1.29 is 24.5 Å². The fraction of sp³-hybridized carbons (Fsp3) is 0.360. The van der Waals surface area contributed by atoms with E-state index in [0.717, 1.165) is 22.9 Å². The van der Waals surface area contributed by atoms with Crippen LogP contribution in [0.25, 0.3) is 0 Å². The van der Waals surface area contributed by atoms with E-state index >= 15 is 0 Å². The first-order chi connectivity index (χ1) is 15.7. The van der Waals surface area contributed by atoms with Crippen LogP contribution in [0.3, 0.4) is 0 Å². The van der Waals surface area contributed by atoms with Gasteiger partial charge < -0.3 is 14.9 Å². The zero-order valence-corrected chi connectivity index (χ0v) is 20.2. The van der Waals surface area contributed by atoms with Crippen molar-refractivity contribution in [2.45, 2.75) is 44.0 Å². The van der Waals surface area contributed by atoms with Crippen LogP contribution in [0.1, 0.15) is 49.0 Å². The van der Waals surface area contributed by atoms with Crippen LogP contribution in [-0.4, -0.2) is 33.2 Å². The highest BCUT2D eigenvalue weighted by Crippen LogP contribution is 2.38. The molecule has 1 aliphatic heterocycles. The van der Waals surface area contributed by atoms with E-state index < -0.39 is 11.4 Å². The molecule has 4 atom stereocenters. The van der Waals surface area contributed by atoms with Crippen LogP contribution in [0.4, 0.5) is 4.79 Å². The minimum atomic E-state index is -0.869. The number of allylic oxidation sites excluding steroid dienone is 1. The van der Waals surface area contributed by atoms with Gasteiger partial charge in [-0.15, -0.1) is 0 Å². The summed E-state index contributed by atoms with van der Waals surface area (Å²) in [5, 5.41) is 22.6. The van der Waals surface area contributed by atoms with Crippen LogP contribution in [0, 0.1) is 5.92 Å². The molecule has 33 heavy (non-hydrogen) atoms. The predicted molar refractivity (Wildman–Crippen MR) is 131 cm³/mol. The van der Waals surface area contributed by atoms with Crippen molar-refractivity contribution in [3.8, 4) is 5.75 Å². The van der Waals surface area contributed by atoms with E-state index in [-0.39, 0.29) is 35.3 Å². The Labute approximate surface area is 203 Å². The standard InChI is InChI=1S/C25H28ClNO5S/c1-4-19(14(2)15(3)28)20-10-16(11-23-24(30)27-25(31)33-23)8-9-22(20)32-13-21(29)17-6-5-7-18(26)12-17/h5-10,12,14,19,21,23,28-29H,3-4,11,13H2,1-2H3,(H,27,30,31). The van der Waals surface area contributed by atoms with Gasteiger partial charge in [0, 0.05) is 10.9 Å². The zero-order valence-electron chi connectivity index (χ0n) is 18.6. The lowest BCUT2D eigenvalue weighted by Gasteiger charge is -2.26. The first-order valence-electron chi connectivity index (χ1n) is 10.8. The molecule has 6 nitrogen and oxygen atoms in total. The van der Waals surface area contributed by atoms with Gasteiger partial charge >= 0.3 is 0 Å². The van der Waals surface area contributed by atoms with Gasteiger partial charge in [-0.1, -0.05) is 68.1 Å². The number of aliphatic hydroxyl groups is 2. The van der Waals surface area contributed by atoms with Crippen LogP contribution < -0.4 is 10.1 Å². The van der Waals surface area contributed by atoms with Gasteiger partial charge in [0.1, 0.15) is 18.5 Å². The average Bonchev–Trinajstić information content (AvgIpc) is 3.09. The molecule has 176 valence electrons. The molecule has 0 radical (unpaired) electrons. The summed E-state index contributed by atoms with van der Waals surface area (Å²) >= 11 is 7.02. The lowest BCUT2D eigenvalue weighted by atomic mass is 9.83. The summed E-state index contributed by atoms with van der Waals surface area (Å²) in [5.41, 5.74) is 2.38. The molecule has 0 bridgehead atoms. The quantitative estimate of drug-likeness (QED) is 0.379. The van der Waals surface area contributed by atoms with Crippen molar-refractivity contribution in [2.75, 3.05) is 6.61 Å². The maximum atomic E-state index is 12.0. The maximum Gasteiger partial charge on any atom is 0.286 e. The van der Waals surface area contributed by atoms with Crippen LogP contribution in [0.15, 0.2) is 54.8 Å². The molecule has 2 aromatic carbocycles. The Morgan fingerprint density at radius 3 is 2.64 bits per heavy atom. The van der Waals surface area contributed by atoms with Crippen molar-refractivity contribution in [1.82, 2.24) is 5.32 Å². The highest BCUT2D eigenvalue weighted by molar-refractivity contribution is 8.15. The largest absolute Gasteiger partial charge is 0.513 e. The second kappa shape index (κ2) is 11.1. The molecule has 0 saturated carbocycles. The molecule has 4 unspecified atom stereocenters. The third-order valence-corrected chi connectivity index (χ3v) is 7.08. The molecule has 3 rings (SSSR count). The number of benzene rings is 2. The Bertz CT molecular complexity index is 1040. The van der Waals surface area contributed by atoms with Crippen molar-refractivity contribution in [1.29, 1.82) is 0 Å². The number of hydrogen-bond acceptors (Lipinski definition) is 6. The number of nitrogens with one attached hydrogen (secondary N) is 1. The van der Waals surface area contributed by atoms with Crippen molar-refractivity contribution in [3.05, 3.63) is 76.5 Å². The Balaban J connectivity index is 1.86. The summed E-state index contributed by atoms with van der Waals surface area (Å²) < 4.78 is 6.03. The number of aliphatic hydroxyl groups excluding tert-OH is 2. The molecule has 3 N–H and O–H groups in total. The molecule has 2 amide bonds. The van der Waals surface area contributed by atoms with E-state index in [9.17, 15) is 19.8 Å². The first-order valence-corrected chi connectivity index (χ1v) is 12.0. The summed E-state index contributed by atoms with van der Waals surface area (Å²) in [4.78, 5) is 23.5. The van der Waals surface area contributed by atoms with Gasteiger partial charge in [-0.25, -0.2) is 0 Å². The molecular formula is C25H28ClNO5S. The van der Waals surface area contributed by atoms with Gasteiger partial charge in [0.25, 0.3) is 5.24 Å². The minimum absolute atomic E-state index is 0.0208. The van der Waals surface area contributed by atoms with Gasteiger partial charge in [0.2, 0.25) is 5.91 Å². The maximum absolute atomic E-state index is 12.0. The van der Waals surface area contributed by atoms with Crippen LogP contribution in [0.5, 0.6) is 5.75 Å². The van der Waals surface area contributed by atoms with E-state index in [1.54, 1.807) is 24.3 Å². The van der Waals surface area contributed by atoms with Gasteiger partial charge in [0.05, 0.1) is 11.0 Å². The van der Waals surface area contributed by atoms with Crippen molar-refractivity contribution in [2.24, 2.45) is 5.92 Å². The second-order valence-electron chi connectivity index (χ2n) is 8.14. The van der Waals surface area contributed by atoms with E-state index in [1.165, 1.54) is 0 Å². The monoisotopic (exact) mass is 489 g/mol. The number of carbonyl (C=O) groups is 2. The number of carbonyl (C=O) groups excluding carboxylic acids is 2. The van der Waals surface area contributed by atoms with E-state index in [2.05, 4.69) is 11.9 Å². The van der Waals surface area contributed by atoms with Gasteiger partial charge in [-0.2, -0.15) is 0 Å². The molecule has 1 aliphatic rings.